The average Bonchev–Trinajstić information content (AvgIpc) is 2.87. The van der Waals surface area contributed by atoms with Crippen molar-refractivity contribution in [1.82, 2.24) is 10.2 Å². The van der Waals surface area contributed by atoms with Gasteiger partial charge >= 0.3 is 11.9 Å². The summed E-state index contributed by atoms with van der Waals surface area (Å²) in [7, 11) is 2.41. The van der Waals surface area contributed by atoms with Crippen molar-refractivity contribution in [3.05, 3.63) is 0 Å². The molecule has 0 bridgehead atoms. The maximum atomic E-state index is 12.0. The molecule has 1 heterocycles. The summed E-state index contributed by atoms with van der Waals surface area (Å²) in [5, 5.41) is 2.36. The molecule has 2 atom stereocenters. The Morgan fingerprint density at radius 2 is 1.75 bits per heavy atom. The van der Waals surface area contributed by atoms with E-state index in [0.717, 1.165) is 0 Å². The second-order valence-corrected chi connectivity index (χ2v) is 4.38. The lowest BCUT2D eigenvalue weighted by atomic mass is 10.0. The second kappa shape index (κ2) is 6.88. The van der Waals surface area contributed by atoms with Gasteiger partial charge in [0.05, 0.1) is 26.7 Å². The van der Waals surface area contributed by atoms with E-state index in [0.29, 0.717) is 6.42 Å². The Morgan fingerprint density at radius 3 is 2.25 bits per heavy atom. The molecule has 112 valence electrons. The van der Waals surface area contributed by atoms with Gasteiger partial charge in [0.2, 0.25) is 11.8 Å². The van der Waals surface area contributed by atoms with Crippen LogP contribution in [0, 0.1) is 5.92 Å². The van der Waals surface area contributed by atoms with Crippen LogP contribution >= 0.6 is 0 Å². The molecule has 0 aromatic rings. The molecular formula is C12H18N2O6. The third-order valence-electron chi connectivity index (χ3n) is 3.15. The zero-order chi connectivity index (χ0) is 15.3. The van der Waals surface area contributed by atoms with Crippen LogP contribution in [-0.4, -0.2) is 62.0 Å². The maximum Gasteiger partial charge on any atom is 0.329 e. The first-order valence-corrected chi connectivity index (χ1v) is 6.12. The van der Waals surface area contributed by atoms with E-state index < -0.39 is 29.8 Å². The minimum Gasteiger partial charge on any atom is -0.469 e. The molecule has 1 aliphatic heterocycles. The van der Waals surface area contributed by atoms with Crippen LogP contribution in [0.3, 0.4) is 0 Å². The molecule has 8 heteroatoms. The Hall–Kier alpha value is -2.12. The minimum atomic E-state index is -1.01. The summed E-state index contributed by atoms with van der Waals surface area (Å²) in [5.74, 6) is -2.77. The minimum absolute atomic E-state index is 0.225. The maximum absolute atomic E-state index is 12.0. The first kappa shape index (κ1) is 15.9. The number of likely N-dealkylation sites (tertiary alicyclic amines) is 1. The fraction of sp³-hybridized carbons (Fsp3) is 0.667. The summed E-state index contributed by atoms with van der Waals surface area (Å²) in [6.45, 7) is 1.29. The highest BCUT2D eigenvalue weighted by Gasteiger charge is 2.46. The third kappa shape index (κ3) is 3.46. The topological polar surface area (TPSA) is 102 Å². The number of carbonyl (C=O) groups is 4. The highest BCUT2D eigenvalue weighted by Crippen LogP contribution is 2.26. The summed E-state index contributed by atoms with van der Waals surface area (Å²) in [4.78, 5) is 47.5. The molecule has 2 amide bonds. The molecule has 8 nitrogen and oxygen atoms in total. The van der Waals surface area contributed by atoms with Crippen LogP contribution in [0.15, 0.2) is 0 Å². The third-order valence-corrected chi connectivity index (χ3v) is 3.15. The van der Waals surface area contributed by atoms with Gasteiger partial charge in [0.15, 0.2) is 0 Å². The normalized spacial score (nSPS) is 21.2. The number of nitrogens with one attached hydrogen (secondary N) is 1. The molecule has 0 radical (unpaired) electrons. The fourth-order valence-corrected chi connectivity index (χ4v) is 2.18. The number of esters is 2. The van der Waals surface area contributed by atoms with Gasteiger partial charge < -0.3 is 19.7 Å². The van der Waals surface area contributed by atoms with Gasteiger partial charge in [-0.1, -0.05) is 0 Å². The Morgan fingerprint density at radius 1 is 1.15 bits per heavy atom. The van der Waals surface area contributed by atoms with Gasteiger partial charge in [-0.3, -0.25) is 14.4 Å². The number of amides is 2. The van der Waals surface area contributed by atoms with E-state index in [9.17, 15) is 19.2 Å². The zero-order valence-corrected chi connectivity index (χ0v) is 11.7. The molecule has 0 aromatic carbocycles. The van der Waals surface area contributed by atoms with Crippen LogP contribution in [0.5, 0.6) is 0 Å². The quantitative estimate of drug-likeness (QED) is 0.643. The predicted octanol–water partition coefficient (Wildman–Crippen LogP) is -1.31. The lowest BCUT2D eigenvalue weighted by Gasteiger charge is -2.25. The smallest absolute Gasteiger partial charge is 0.329 e. The van der Waals surface area contributed by atoms with Gasteiger partial charge in [0.25, 0.3) is 0 Å². The van der Waals surface area contributed by atoms with Crippen molar-refractivity contribution < 1.29 is 28.7 Å². The van der Waals surface area contributed by atoms with Gasteiger partial charge in [-0.2, -0.15) is 0 Å². The summed E-state index contributed by atoms with van der Waals surface area (Å²) in [6, 6.07) is -1.01. The Labute approximate surface area is 116 Å². The summed E-state index contributed by atoms with van der Waals surface area (Å²) < 4.78 is 9.27. The predicted molar refractivity (Wildman–Crippen MR) is 66.3 cm³/mol. The van der Waals surface area contributed by atoms with Gasteiger partial charge in [-0.15, -0.1) is 0 Å². The molecule has 0 saturated carbocycles. The highest BCUT2D eigenvalue weighted by atomic mass is 16.5. The van der Waals surface area contributed by atoms with E-state index in [1.165, 1.54) is 26.0 Å². The van der Waals surface area contributed by atoms with E-state index in [2.05, 4.69) is 14.8 Å². The Bertz CT molecular complexity index is 422. The number of nitrogens with zero attached hydrogens (tertiary/aromatic N) is 1. The van der Waals surface area contributed by atoms with Gasteiger partial charge in [0.1, 0.15) is 6.04 Å². The lowest BCUT2D eigenvalue weighted by Crippen LogP contribution is -2.48. The molecule has 20 heavy (non-hydrogen) atoms. The van der Waals surface area contributed by atoms with Crippen LogP contribution in [-0.2, 0) is 28.7 Å². The number of rotatable bonds is 4. The second-order valence-electron chi connectivity index (χ2n) is 4.38. The van der Waals surface area contributed by atoms with Crippen molar-refractivity contribution in [2.45, 2.75) is 19.4 Å². The van der Waals surface area contributed by atoms with E-state index in [-0.39, 0.29) is 19.0 Å². The van der Waals surface area contributed by atoms with Crippen molar-refractivity contribution in [1.29, 1.82) is 0 Å². The van der Waals surface area contributed by atoms with Crippen LogP contribution in [0.4, 0.5) is 0 Å². The Balaban J connectivity index is 2.84. The molecule has 0 aromatic heterocycles. The summed E-state index contributed by atoms with van der Waals surface area (Å²) in [5.41, 5.74) is 0. The van der Waals surface area contributed by atoms with Crippen molar-refractivity contribution >= 4 is 23.8 Å². The SMILES string of the molecule is COC(=O)[C@@H]1CCN(C(=O)CNC(C)=O)[C@H]1C(=O)OC. The average molecular weight is 286 g/mol. The summed E-state index contributed by atoms with van der Waals surface area (Å²) in [6.07, 6.45) is 0.318. The first-order chi connectivity index (χ1) is 9.42. The largest absolute Gasteiger partial charge is 0.469 e. The molecular weight excluding hydrogens is 268 g/mol. The fourth-order valence-electron chi connectivity index (χ4n) is 2.18. The lowest BCUT2D eigenvalue weighted by molar-refractivity contribution is -0.158. The molecule has 1 N–H and O–H groups in total. The highest BCUT2D eigenvalue weighted by molar-refractivity contribution is 5.92. The van der Waals surface area contributed by atoms with Crippen LogP contribution in [0.1, 0.15) is 13.3 Å². The van der Waals surface area contributed by atoms with Crippen LogP contribution in [0.2, 0.25) is 0 Å². The monoisotopic (exact) mass is 286 g/mol. The number of ether oxygens (including phenoxy) is 2. The molecule has 1 saturated heterocycles. The van der Waals surface area contributed by atoms with E-state index in [4.69, 9.17) is 0 Å². The number of hydrogen-bond donors (Lipinski definition) is 1. The van der Waals surface area contributed by atoms with Crippen molar-refractivity contribution in [3.63, 3.8) is 0 Å². The van der Waals surface area contributed by atoms with E-state index in [1.807, 2.05) is 0 Å². The van der Waals surface area contributed by atoms with Gasteiger partial charge in [-0.25, -0.2) is 4.79 Å². The molecule has 1 fully saturated rings. The van der Waals surface area contributed by atoms with Crippen LogP contribution in [0.25, 0.3) is 0 Å². The standard InChI is InChI=1S/C12H18N2O6/c1-7(15)13-6-9(16)14-5-4-8(11(17)19-2)10(14)12(18)20-3/h8,10H,4-6H2,1-3H3,(H,13,15)/t8-,10-/m1/s1. The van der Waals surface area contributed by atoms with E-state index in [1.54, 1.807) is 0 Å². The first-order valence-electron chi connectivity index (χ1n) is 6.12. The van der Waals surface area contributed by atoms with Gasteiger partial charge in [-0.05, 0) is 6.42 Å². The summed E-state index contributed by atoms with van der Waals surface area (Å²) >= 11 is 0. The van der Waals surface area contributed by atoms with Gasteiger partial charge in [0, 0.05) is 13.5 Å². The molecule has 0 unspecified atom stereocenters. The van der Waals surface area contributed by atoms with E-state index >= 15 is 0 Å². The molecule has 0 aliphatic carbocycles. The zero-order valence-electron chi connectivity index (χ0n) is 11.7. The molecule has 0 spiro atoms. The number of hydrogen-bond acceptors (Lipinski definition) is 6. The number of methoxy groups -OCH3 is 2. The van der Waals surface area contributed by atoms with Crippen molar-refractivity contribution in [3.8, 4) is 0 Å². The Kier molecular flexibility index (Phi) is 5.48. The molecule has 1 aliphatic rings. The molecule has 1 rings (SSSR count). The van der Waals surface area contributed by atoms with Crippen molar-refractivity contribution in [2.24, 2.45) is 5.92 Å². The van der Waals surface area contributed by atoms with Crippen molar-refractivity contribution in [2.75, 3.05) is 27.3 Å². The number of carbonyl (C=O) groups excluding carboxylic acids is 4. The van der Waals surface area contributed by atoms with Crippen LogP contribution < -0.4 is 5.32 Å².